The lowest BCUT2D eigenvalue weighted by Crippen LogP contribution is -2.23. The first-order valence-electron chi connectivity index (χ1n) is 17.0. The standard InChI is InChI=1S/C47H27NS/c1-2-10-29-25-30(20-19-28(29)9-1)48(31-22-24-44-40(26-31)35-12-4-6-18-43(35)49-44)32-21-23-34-37-14-8-16-39-38-15-7-13-36-33-11-3-5-17-41(33)47(45(36)38,46(37)39)42(34)27-32/h1-27H. The molecular weight excluding hydrogens is 611 g/mol. The maximum absolute atomic E-state index is 2.51. The van der Waals surface area contributed by atoms with Crippen LogP contribution in [0.25, 0.3) is 64.3 Å². The third-order valence-corrected chi connectivity index (χ3v) is 12.5. The van der Waals surface area contributed by atoms with Gasteiger partial charge >= 0.3 is 0 Å². The normalized spacial score (nSPS) is 15.8. The van der Waals surface area contributed by atoms with Crippen LogP contribution in [0.5, 0.6) is 0 Å². The molecule has 226 valence electrons. The van der Waals surface area contributed by atoms with E-state index in [2.05, 4.69) is 169 Å². The fourth-order valence-corrected chi connectivity index (χ4v) is 10.6. The first-order chi connectivity index (χ1) is 24.3. The lowest BCUT2D eigenvalue weighted by atomic mass is 9.73. The molecule has 3 aliphatic rings. The zero-order chi connectivity index (χ0) is 31.8. The van der Waals surface area contributed by atoms with E-state index in [-0.39, 0.29) is 5.41 Å². The van der Waals surface area contributed by atoms with E-state index >= 15 is 0 Å². The second kappa shape index (κ2) is 9.14. The van der Waals surface area contributed by atoms with Gasteiger partial charge in [0.05, 0.1) is 5.41 Å². The fraction of sp³-hybridized carbons (Fsp3) is 0.0213. The average molecular weight is 638 g/mol. The SMILES string of the molecule is c1ccc2c(c1)-c1cccc3c1C21c2cc(N(c4ccc5ccccc5c4)c4ccc5sc6ccccc6c5c4)ccc2-c2cccc-3c21. The molecule has 0 fully saturated rings. The van der Waals surface area contributed by atoms with Crippen LogP contribution >= 0.6 is 11.3 Å². The molecule has 0 bridgehead atoms. The fourth-order valence-electron chi connectivity index (χ4n) is 9.50. The highest BCUT2D eigenvalue weighted by Crippen LogP contribution is 2.70. The molecule has 2 heteroatoms. The average Bonchev–Trinajstić information content (AvgIpc) is 3.87. The van der Waals surface area contributed by atoms with Crippen LogP contribution in [0.15, 0.2) is 164 Å². The first-order valence-corrected chi connectivity index (χ1v) is 17.8. The summed E-state index contributed by atoms with van der Waals surface area (Å²) in [7, 11) is 0. The summed E-state index contributed by atoms with van der Waals surface area (Å²) in [6.45, 7) is 0. The summed E-state index contributed by atoms with van der Waals surface area (Å²) >= 11 is 1.87. The Morgan fingerprint density at radius 1 is 0.367 bits per heavy atom. The number of nitrogens with zero attached hydrogens (tertiary/aromatic N) is 1. The van der Waals surface area contributed by atoms with E-state index in [9.17, 15) is 0 Å². The Labute approximate surface area is 288 Å². The maximum atomic E-state index is 2.51. The molecule has 0 aliphatic heterocycles. The molecule has 12 rings (SSSR count). The third-order valence-electron chi connectivity index (χ3n) is 11.4. The zero-order valence-electron chi connectivity index (χ0n) is 26.4. The van der Waals surface area contributed by atoms with E-state index in [4.69, 9.17) is 0 Å². The maximum Gasteiger partial charge on any atom is 0.0738 e. The second-order valence-electron chi connectivity index (χ2n) is 13.6. The van der Waals surface area contributed by atoms with E-state index in [1.54, 1.807) is 0 Å². The smallest absolute Gasteiger partial charge is 0.0738 e. The van der Waals surface area contributed by atoms with Crippen molar-refractivity contribution in [1.29, 1.82) is 0 Å². The minimum atomic E-state index is -0.317. The van der Waals surface area contributed by atoms with E-state index in [0.29, 0.717) is 0 Å². The molecule has 1 aromatic heterocycles. The van der Waals surface area contributed by atoms with Crippen molar-refractivity contribution in [3.63, 3.8) is 0 Å². The largest absolute Gasteiger partial charge is 0.310 e. The van der Waals surface area contributed by atoms with Crippen LogP contribution in [0.2, 0.25) is 0 Å². The van der Waals surface area contributed by atoms with Gasteiger partial charge in [0.2, 0.25) is 0 Å². The molecule has 1 heterocycles. The molecule has 1 spiro atoms. The van der Waals surface area contributed by atoms with Gasteiger partial charge in [-0.1, -0.05) is 115 Å². The number of thiophene rings is 1. The lowest BCUT2D eigenvalue weighted by Gasteiger charge is -2.30. The van der Waals surface area contributed by atoms with Crippen molar-refractivity contribution in [3.8, 4) is 33.4 Å². The lowest BCUT2D eigenvalue weighted by molar-refractivity contribution is 0.818. The summed E-state index contributed by atoms with van der Waals surface area (Å²) in [6.07, 6.45) is 0. The van der Waals surface area contributed by atoms with Gasteiger partial charge in [0.1, 0.15) is 0 Å². The number of hydrogen-bond acceptors (Lipinski definition) is 2. The van der Waals surface area contributed by atoms with Gasteiger partial charge in [-0.2, -0.15) is 0 Å². The molecule has 1 unspecified atom stereocenters. The quantitative estimate of drug-likeness (QED) is 0.186. The number of benzene rings is 8. The molecule has 0 radical (unpaired) electrons. The highest BCUT2D eigenvalue weighted by atomic mass is 32.1. The van der Waals surface area contributed by atoms with E-state index in [1.165, 1.54) is 98.0 Å². The van der Waals surface area contributed by atoms with E-state index < -0.39 is 0 Å². The molecule has 0 saturated heterocycles. The third kappa shape index (κ3) is 3.16. The molecule has 3 aliphatic carbocycles. The molecule has 0 N–H and O–H groups in total. The minimum absolute atomic E-state index is 0.317. The summed E-state index contributed by atoms with van der Waals surface area (Å²) in [5.41, 5.74) is 17.1. The highest BCUT2D eigenvalue weighted by Gasteiger charge is 2.57. The van der Waals surface area contributed by atoms with Crippen LogP contribution in [0.3, 0.4) is 0 Å². The molecule has 8 aromatic carbocycles. The van der Waals surface area contributed by atoms with Crippen molar-refractivity contribution in [2.45, 2.75) is 5.41 Å². The zero-order valence-corrected chi connectivity index (χ0v) is 27.3. The van der Waals surface area contributed by atoms with Crippen LogP contribution in [0.1, 0.15) is 22.3 Å². The van der Waals surface area contributed by atoms with Crippen LogP contribution in [0, 0.1) is 0 Å². The molecular formula is C47H27NS. The van der Waals surface area contributed by atoms with Crippen LogP contribution in [0.4, 0.5) is 17.1 Å². The minimum Gasteiger partial charge on any atom is -0.310 e. The van der Waals surface area contributed by atoms with Crippen molar-refractivity contribution >= 4 is 59.3 Å². The predicted molar refractivity (Wildman–Crippen MR) is 207 cm³/mol. The predicted octanol–water partition coefficient (Wildman–Crippen LogP) is 13.0. The van der Waals surface area contributed by atoms with Crippen LogP contribution < -0.4 is 4.90 Å². The van der Waals surface area contributed by atoms with Crippen LogP contribution in [-0.2, 0) is 5.41 Å². The van der Waals surface area contributed by atoms with Gasteiger partial charge in [-0.15, -0.1) is 11.3 Å². The van der Waals surface area contributed by atoms with Crippen molar-refractivity contribution in [2.75, 3.05) is 4.90 Å². The van der Waals surface area contributed by atoms with Crippen molar-refractivity contribution in [1.82, 2.24) is 0 Å². The van der Waals surface area contributed by atoms with E-state index in [1.807, 2.05) is 11.3 Å². The number of fused-ring (bicyclic) bond motifs is 9. The highest BCUT2D eigenvalue weighted by molar-refractivity contribution is 7.25. The second-order valence-corrected chi connectivity index (χ2v) is 14.7. The molecule has 9 aromatic rings. The number of anilines is 3. The summed E-state index contributed by atoms with van der Waals surface area (Å²) in [5, 5.41) is 5.11. The Balaban J connectivity index is 1.16. The Bertz CT molecular complexity index is 2870. The first kappa shape index (κ1) is 26.0. The number of hydrogen-bond donors (Lipinski definition) is 0. The Kier molecular flexibility index (Phi) is 4.86. The Hall–Kier alpha value is -5.96. The summed E-state index contributed by atoms with van der Waals surface area (Å²) in [4.78, 5) is 2.47. The number of rotatable bonds is 3. The van der Waals surface area contributed by atoms with Gasteiger partial charge in [-0.3, -0.25) is 0 Å². The van der Waals surface area contributed by atoms with Gasteiger partial charge in [0.15, 0.2) is 0 Å². The molecule has 49 heavy (non-hydrogen) atoms. The topological polar surface area (TPSA) is 3.24 Å². The van der Waals surface area contributed by atoms with Gasteiger partial charge in [0.25, 0.3) is 0 Å². The van der Waals surface area contributed by atoms with Crippen molar-refractivity contribution in [3.05, 3.63) is 186 Å². The summed E-state index contributed by atoms with van der Waals surface area (Å²) in [5.74, 6) is 0. The van der Waals surface area contributed by atoms with Crippen molar-refractivity contribution < 1.29 is 0 Å². The van der Waals surface area contributed by atoms with E-state index in [0.717, 1.165) is 5.69 Å². The van der Waals surface area contributed by atoms with Gasteiger partial charge in [-0.05, 0) is 115 Å². The molecule has 0 amide bonds. The summed E-state index contributed by atoms with van der Waals surface area (Å²) < 4.78 is 2.64. The Morgan fingerprint density at radius 3 is 1.78 bits per heavy atom. The Morgan fingerprint density at radius 2 is 0.939 bits per heavy atom. The monoisotopic (exact) mass is 637 g/mol. The molecule has 1 atom stereocenters. The van der Waals surface area contributed by atoms with Gasteiger partial charge in [-0.25, -0.2) is 0 Å². The van der Waals surface area contributed by atoms with Crippen LogP contribution in [-0.4, -0.2) is 0 Å². The molecule has 0 saturated carbocycles. The summed E-state index contributed by atoms with van der Waals surface area (Å²) in [6, 6.07) is 61.6. The van der Waals surface area contributed by atoms with Crippen molar-refractivity contribution in [2.24, 2.45) is 0 Å². The van der Waals surface area contributed by atoms with Gasteiger partial charge < -0.3 is 4.90 Å². The molecule has 1 nitrogen and oxygen atoms in total. The van der Waals surface area contributed by atoms with Gasteiger partial charge in [0, 0.05) is 37.2 Å².